The van der Waals surface area contributed by atoms with Crippen LogP contribution in [0.5, 0.6) is 0 Å². The van der Waals surface area contributed by atoms with E-state index in [0.29, 0.717) is 6.42 Å². The molecule has 0 fully saturated rings. The van der Waals surface area contributed by atoms with Gasteiger partial charge in [-0.2, -0.15) is 0 Å². The highest BCUT2D eigenvalue weighted by atomic mass is 19.1. The lowest BCUT2D eigenvalue weighted by atomic mass is 9.87. The van der Waals surface area contributed by atoms with Gasteiger partial charge in [-0.05, 0) is 55.9 Å². The first-order valence-electron chi connectivity index (χ1n) is 7.06. The first kappa shape index (κ1) is 14.8. The molecule has 4 nitrogen and oxygen atoms in total. The second-order valence-corrected chi connectivity index (χ2v) is 5.32. The van der Waals surface area contributed by atoms with Crippen molar-refractivity contribution in [3.63, 3.8) is 0 Å². The molecular formula is C15H21FN2O2. The number of amides is 2. The number of hydrogen-bond donors (Lipinski definition) is 3. The number of aliphatic hydroxyl groups excluding tert-OH is 1. The predicted octanol–water partition coefficient (Wildman–Crippen LogP) is 2.27. The van der Waals surface area contributed by atoms with E-state index in [1.165, 1.54) is 6.07 Å². The van der Waals surface area contributed by atoms with Crippen LogP contribution in [0.3, 0.4) is 0 Å². The van der Waals surface area contributed by atoms with Crippen molar-refractivity contribution in [3.8, 4) is 0 Å². The Labute approximate surface area is 118 Å². The molecule has 1 aliphatic rings. The average Bonchev–Trinajstić information content (AvgIpc) is 2.38. The summed E-state index contributed by atoms with van der Waals surface area (Å²) in [6.07, 6.45) is 3.18. The van der Waals surface area contributed by atoms with E-state index in [2.05, 4.69) is 10.6 Å². The lowest BCUT2D eigenvalue weighted by Crippen LogP contribution is -2.43. The Morgan fingerprint density at radius 3 is 3.10 bits per heavy atom. The standard InChI is InChI=1S/C15H21FN2O2/c1-10(7-8-19)17-15(20)18-14-4-2-3-11-9-12(16)5-6-13(11)14/h5-6,9-10,14,19H,2-4,7-8H2,1H3,(H2,17,18,20)/t10-,14?/m1/s1. The van der Waals surface area contributed by atoms with Crippen molar-refractivity contribution >= 4 is 6.03 Å². The summed E-state index contributed by atoms with van der Waals surface area (Å²) >= 11 is 0. The third-order valence-electron chi connectivity index (χ3n) is 3.66. The first-order valence-corrected chi connectivity index (χ1v) is 7.06. The number of benzene rings is 1. The molecule has 2 amide bonds. The molecule has 0 saturated heterocycles. The molecule has 2 rings (SSSR count). The molecule has 3 N–H and O–H groups in total. The fraction of sp³-hybridized carbons (Fsp3) is 0.533. The summed E-state index contributed by atoms with van der Waals surface area (Å²) in [4.78, 5) is 11.9. The van der Waals surface area contributed by atoms with Crippen LogP contribution in [-0.2, 0) is 6.42 Å². The second kappa shape index (κ2) is 6.70. The summed E-state index contributed by atoms with van der Waals surface area (Å²) in [5.41, 5.74) is 1.98. The topological polar surface area (TPSA) is 61.4 Å². The largest absolute Gasteiger partial charge is 0.396 e. The number of halogens is 1. The van der Waals surface area contributed by atoms with Gasteiger partial charge in [0.05, 0.1) is 6.04 Å². The first-order chi connectivity index (χ1) is 9.60. The molecule has 0 bridgehead atoms. The lowest BCUT2D eigenvalue weighted by molar-refractivity contribution is 0.226. The van der Waals surface area contributed by atoms with Gasteiger partial charge in [0.15, 0.2) is 0 Å². The SMILES string of the molecule is C[C@H](CCO)NC(=O)NC1CCCc2cc(F)ccc21. The summed E-state index contributed by atoms with van der Waals surface area (Å²) in [7, 11) is 0. The summed E-state index contributed by atoms with van der Waals surface area (Å²) in [5.74, 6) is -0.231. The molecule has 0 heterocycles. The van der Waals surface area contributed by atoms with E-state index in [9.17, 15) is 9.18 Å². The van der Waals surface area contributed by atoms with Crippen molar-refractivity contribution in [2.24, 2.45) is 0 Å². The van der Waals surface area contributed by atoms with Crippen LogP contribution in [-0.4, -0.2) is 23.8 Å². The van der Waals surface area contributed by atoms with Gasteiger partial charge in [0, 0.05) is 12.6 Å². The van der Waals surface area contributed by atoms with Gasteiger partial charge >= 0.3 is 6.03 Å². The number of nitrogens with one attached hydrogen (secondary N) is 2. The smallest absolute Gasteiger partial charge is 0.315 e. The van der Waals surface area contributed by atoms with Crippen LogP contribution in [0.15, 0.2) is 18.2 Å². The number of rotatable bonds is 4. The third-order valence-corrected chi connectivity index (χ3v) is 3.66. The number of hydrogen-bond acceptors (Lipinski definition) is 2. The molecule has 0 saturated carbocycles. The minimum atomic E-state index is -0.242. The highest BCUT2D eigenvalue weighted by molar-refractivity contribution is 5.74. The number of carbonyl (C=O) groups is 1. The summed E-state index contributed by atoms with van der Waals surface area (Å²) in [5, 5.41) is 14.5. The molecule has 0 aliphatic heterocycles. The van der Waals surface area contributed by atoms with Crippen LogP contribution < -0.4 is 10.6 Å². The number of aryl methyl sites for hydroxylation is 1. The van der Waals surface area contributed by atoms with Crippen molar-refractivity contribution in [1.82, 2.24) is 10.6 Å². The van der Waals surface area contributed by atoms with Crippen LogP contribution in [0.4, 0.5) is 9.18 Å². The van der Waals surface area contributed by atoms with E-state index >= 15 is 0 Å². The molecule has 20 heavy (non-hydrogen) atoms. The number of carbonyl (C=O) groups excluding carboxylic acids is 1. The van der Waals surface area contributed by atoms with Gasteiger partial charge in [-0.15, -0.1) is 0 Å². The van der Waals surface area contributed by atoms with E-state index in [1.807, 2.05) is 6.92 Å². The van der Waals surface area contributed by atoms with E-state index < -0.39 is 0 Å². The Balaban J connectivity index is 1.99. The fourth-order valence-electron chi connectivity index (χ4n) is 2.62. The third kappa shape index (κ3) is 3.70. The minimum absolute atomic E-state index is 0.0486. The van der Waals surface area contributed by atoms with Crippen LogP contribution in [0.2, 0.25) is 0 Å². The van der Waals surface area contributed by atoms with Gasteiger partial charge in [-0.1, -0.05) is 6.07 Å². The van der Waals surface area contributed by atoms with Crippen molar-refractivity contribution < 1.29 is 14.3 Å². The fourth-order valence-corrected chi connectivity index (χ4v) is 2.62. The minimum Gasteiger partial charge on any atom is -0.396 e. The Morgan fingerprint density at radius 2 is 2.35 bits per heavy atom. The van der Waals surface area contributed by atoms with Crippen molar-refractivity contribution in [3.05, 3.63) is 35.1 Å². The monoisotopic (exact) mass is 280 g/mol. The number of urea groups is 1. The molecule has 0 radical (unpaired) electrons. The van der Waals surface area contributed by atoms with Gasteiger partial charge in [0.25, 0.3) is 0 Å². The summed E-state index contributed by atoms with van der Waals surface area (Å²) < 4.78 is 13.2. The highest BCUT2D eigenvalue weighted by Crippen LogP contribution is 2.30. The van der Waals surface area contributed by atoms with E-state index in [0.717, 1.165) is 30.4 Å². The zero-order valence-corrected chi connectivity index (χ0v) is 11.7. The van der Waals surface area contributed by atoms with E-state index in [-0.39, 0.29) is 30.5 Å². The molecule has 1 aromatic rings. The molecule has 5 heteroatoms. The zero-order valence-electron chi connectivity index (χ0n) is 11.7. The molecule has 1 aliphatic carbocycles. The predicted molar refractivity (Wildman–Crippen MR) is 74.9 cm³/mol. The maximum absolute atomic E-state index is 13.2. The Kier molecular flexibility index (Phi) is 4.95. The lowest BCUT2D eigenvalue weighted by Gasteiger charge is -2.27. The number of aliphatic hydroxyl groups is 1. The van der Waals surface area contributed by atoms with Gasteiger partial charge in [-0.25, -0.2) is 9.18 Å². The maximum atomic E-state index is 13.2. The number of fused-ring (bicyclic) bond motifs is 1. The van der Waals surface area contributed by atoms with Crippen molar-refractivity contribution in [2.45, 2.75) is 44.7 Å². The molecule has 0 spiro atoms. The van der Waals surface area contributed by atoms with Gasteiger partial charge in [-0.3, -0.25) is 0 Å². The van der Waals surface area contributed by atoms with E-state index in [1.54, 1.807) is 12.1 Å². The van der Waals surface area contributed by atoms with Gasteiger partial charge in [0.1, 0.15) is 5.82 Å². The quantitative estimate of drug-likeness (QED) is 0.792. The molecule has 1 aromatic carbocycles. The zero-order chi connectivity index (χ0) is 14.5. The Morgan fingerprint density at radius 1 is 1.55 bits per heavy atom. The maximum Gasteiger partial charge on any atom is 0.315 e. The molecule has 0 aromatic heterocycles. The summed E-state index contributed by atoms with van der Waals surface area (Å²) in [6.45, 7) is 1.90. The van der Waals surface area contributed by atoms with Crippen LogP contribution in [0, 0.1) is 5.82 Å². The molecule has 1 unspecified atom stereocenters. The Hall–Kier alpha value is -1.62. The normalized spacial score (nSPS) is 19.1. The summed E-state index contributed by atoms with van der Waals surface area (Å²) in [6, 6.07) is 4.36. The Bertz CT molecular complexity index is 479. The second-order valence-electron chi connectivity index (χ2n) is 5.32. The molecule has 110 valence electrons. The molecular weight excluding hydrogens is 259 g/mol. The van der Waals surface area contributed by atoms with Crippen LogP contribution >= 0.6 is 0 Å². The van der Waals surface area contributed by atoms with Crippen molar-refractivity contribution in [1.29, 1.82) is 0 Å². The average molecular weight is 280 g/mol. The highest BCUT2D eigenvalue weighted by Gasteiger charge is 2.22. The van der Waals surface area contributed by atoms with Crippen LogP contribution in [0.25, 0.3) is 0 Å². The van der Waals surface area contributed by atoms with Crippen LogP contribution in [0.1, 0.15) is 43.4 Å². The van der Waals surface area contributed by atoms with Gasteiger partial charge in [0.2, 0.25) is 0 Å². The van der Waals surface area contributed by atoms with Gasteiger partial charge < -0.3 is 15.7 Å². The molecule has 2 atom stereocenters. The van der Waals surface area contributed by atoms with E-state index in [4.69, 9.17) is 5.11 Å². The van der Waals surface area contributed by atoms with Crippen molar-refractivity contribution in [2.75, 3.05) is 6.61 Å².